The number of hydrogen-bond donors (Lipinski definition) is 0. The molecule has 1 heterocycles. The van der Waals surface area contributed by atoms with Gasteiger partial charge in [-0.1, -0.05) is 35.9 Å². The number of aromatic nitrogens is 2. The van der Waals surface area contributed by atoms with E-state index in [-0.39, 0.29) is 24.3 Å². The summed E-state index contributed by atoms with van der Waals surface area (Å²) < 4.78 is 21.2. The van der Waals surface area contributed by atoms with E-state index in [1.807, 2.05) is 0 Å². The number of rotatable bonds is 7. The first-order valence-electron chi connectivity index (χ1n) is 10.7. The highest BCUT2D eigenvalue weighted by Crippen LogP contribution is 2.25. The zero-order valence-electron chi connectivity index (χ0n) is 18.7. The second-order valence-electron chi connectivity index (χ2n) is 7.75. The first-order valence-corrected chi connectivity index (χ1v) is 11.1. The number of amides is 1. The van der Waals surface area contributed by atoms with Crippen LogP contribution < -0.4 is 5.56 Å². The lowest BCUT2D eigenvalue weighted by Gasteiger charge is -2.30. The third-order valence-corrected chi connectivity index (χ3v) is 5.88. The lowest BCUT2D eigenvalue weighted by atomic mass is 10.1. The van der Waals surface area contributed by atoms with Crippen molar-refractivity contribution in [2.24, 2.45) is 0 Å². The fourth-order valence-corrected chi connectivity index (χ4v) is 3.99. The van der Waals surface area contributed by atoms with Crippen LogP contribution in [0.1, 0.15) is 29.1 Å². The average Bonchev–Trinajstić information content (AvgIpc) is 2.85. The van der Waals surface area contributed by atoms with E-state index < -0.39 is 17.8 Å². The zero-order chi connectivity index (χ0) is 24.2. The fourth-order valence-electron chi connectivity index (χ4n) is 3.86. The number of nitrogens with zero attached hydrogens (tertiary/aromatic N) is 3. The molecule has 3 aromatic carbocycles. The highest BCUT2D eigenvalue weighted by Gasteiger charge is 2.28. The van der Waals surface area contributed by atoms with Crippen LogP contribution in [0.25, 0.3) is 16.6 Å². The molecule has 6 nitrogen and oxygen atoms in total. The van der Waals surface area contributed by atoms with Crippen molar-refractivity contribution in [3.05, 3.63) is 105 Å². The van der Waals surface area contributed by atoms with Crippen LogP contribution in [0, 0.1) is 5.82 Å². The monoisotopic (exact) mass is 479 g/mol. The van der Waals surface area contributed by atoms with Crippen molar-refractivity contribution in [2.75, 3.05) is 20.3 Å². The summed E-state index contributed by atoms with van der Waals surface area (Å²) in [6.07, 6.45) is 0. The van der Waals surface area contributed by atoms with Gasteiger partial charge in [0.15, 0.2) is 0 Å². The van der Waals surface area contributed by atoms with E-state index in [1.165, 1.54) is 34.8 Å². The second kappa shape index (κ2) is 10.2. The van der Waals surface area contributed by atoms with Crippen LogP contribution in [0.2, 0.25) is 5.02 Å². The number of ether oxygens (including phenoxy) is 1. The quantitative estimate of drug-likeness (QED) is 0.373. The minimum Gasteiger partial charge on any atom is -0.383 e. The van der Waals surface area contributed by atoms with E-state index in [9.17, 15) is 14.0 Å². The molecule has 0 saturated heterocycles. The van der Waals surface area contributed by atoms with Crippen molar-refractivity contribution in [3.63, 3.8) is 0 Å². The van der Waals surface area contributed by atoms with E-state index in [2.05, 4.69) is 0 Å². The van der Waals surface area contributed by atoms with Gasteiger partial charge in [0.2, 0.25) is 0 Å². The Morgan fingerprint density at radius 3 is 2.47 bits per heavy atom. The topological polar surface area (TPSA) is 64.4 Å². The Morgan fingerprint density at radius 2 is 1.76 bits per heavy atom. The number of halogens is 2. The summed E-state index contributed by atoms with van der Waals surface area (Å²) >= 11 is 6.06. The van der Waals surface area contributed by atoms with Crippen molar-refractivity contribution >= 4 is 28.4 Å². The molecule has 174 valence electrons. The molecule has 0 N–H and O–H groups in total. The molecular formula is C26H23ClFN3O3. The Kier molecular flexibility index (Phi) is 7.05. The van der Waals surface area contributed by atoms with Crippen molar-refractivity contribution in [1.82, 2.24) is 14.5 Å². The average molecular weight is 480 g/mol. The molecule has 0 saturated carbocycles. The highest BCUT2D eigenvalue weighted by atomic mass is 35.5. The van der Waals surface area contributed by atoms with Crippen molar-refractivity contribution in [3.8, 4) is 5.69 Å². The molecule has 1 unspecified atom stereocenters. The molecule has 8 heteroatoms. The zero-order valence-corrected chi connectivity index (χ0v) is 19.5. The molecule has 4 rings (SSSR count). The smallest absolute Gasteiger partial charge is 0.266 e. The van der Waals surface area contributed by atoms with Gasteiger partial charge in [-0.05, 0) is 55.5 Å². The minimum absolute atomic E-state index is 0.0633. The molecule has 0 spiro atoms. The lowest BCUT2D eigenvalue weighted by molar-refractivity contribution is 0.0601. The van der Waals surface area contributed by atoms with E-state index in [1.54, 1.807) is 61.5 Å². The van der Waals surface area contributed by atoms with Gasteiger partial charge in [-0.3, -0.25) is 14.2 Å². The van der Waals surface area contributed by atoms with E-state index in [4.69, 9.17) is 21.3 Å². The van der Waals surface area contributed by atoms with Gasteiger partial charge in [-0.25, -0.2) is 9.37 Å². The number of carbonyl (C=O) groups excluding carboxylic acids is 1. The Balaban J connectivity index is 1.91. The summed E-state index contributed by atoms with van der Waals surface area (Å²) in [7, 11) is 1.52. The Bertz CT molecular complexity index is 1390. The standard InChI is InChI=1S/C26H23ClFN3O3/c1-17(30(15-16-34-2)25(32)20-7-3-5-9-22(20)28)24-29-23-10-6-4-8-21(23)26(33)31(24)19-13-11-18(27)12-14-19/h3-14,17H,15-16H2,1-2H3. The molecule has 34 heavy (non-hydrogen) atoms. The number of benzene rings is 3. The SMILES string of the molecule is COCCN(C(=O)c1ccccc1F)C(C)c1nc2ccccc2c(=O)n1-c1ccc(Cl)cc1. The Morgan fingerprint density at radius 1 is 1.09 bits per heavy atom. The van der Waals surface area contributed by atoms with Gasteiger partial charge in [-0.15, -0.1) is 0 Å². The summed E-state index contributed by atoms with van der Waals surface area (Å²) in [6.45, 7) is 2.16. The third kappa shape index (κ3) is 4.58. The van der Waals surface area contributed by atoms with Crippen LogP contribution in [-0.4, -0.2) is 40.6 Å². The van der Waals surface area contributed by atoms with Gasteiger partial charge in [0, 0.05) is 18.7 Å². The van der Waals surface area contributed by atoms with Crippen molar-refractivity contribution < 1.29 is 13.9 Å². The number of fused-ring (bicyclic) bond motifs is 1. The molecule has 0 bridgehead atoms. The predicted octanol–water partition coefficient (Wildman–Crippen LogP) is 5.03. The predicted molar refractivity (Wildman–Crippen MR) is 130 cm³/mol. The molecule has 0 fully saturated rings. The minimum atomic E-state index is -0.685. The van der Waals surface area contributed by atoms with Crippen molar-refractivity contribution in [2.45, 2.75) is 13.0 Å². The summed E-state index contributed by atoms with van der Waals surface area (Å²) in [5.74, 6) is -0.803. The molecule has 0 aliphatic carbocycles. The highest BCUT2D eigenvalue weighted by molar-refractivity contribution is 6.30. The Hall–Kier alpha value is -3.55. The Labute approximate surface area is 201 Å². The third-order valence-electron chi connectivity index (χ3n) is 5.63. The van der Waals surface area contributed by atoms with Crippen LogP contribution in [0.15, 0.2) is 77.6 Å². The number of carbonyl (C=O) groups is 1. The summed E-state index contributed by atoms with van der Waals surface area (Å²) in [4.78, 5) is 33.2. The maximum atomic E-state index is 14.5. The van der Waals surface area contributed by atoms with E-state index in [0.29, 0.717) is 27.4 Å². The van der Waals surface area contributed by atoms with Gasteiger partial charge in [0.05, 0.1) is 34.8 Å². The second-order valence-corrected chi connectivity index (χ2v) is 8.19. The van der Waals surface area contributed by atoms with E-state index in [0.717, 1.165) is 0 Å². The van der Waals surface area contributed by atoms with Crippen molar-refractivity contribution in [1.29, 1.82) is 0 Å². The lowest BCUT2D eigenvalue weighted by Crippen LogP contribution is -2.39. The number of methoxy groups -OCH3 is 1. The molecule has 0 radical (unpaired) electrons. The maximum absolute atomic E-state index is 14.5. The van der Waals surface area contributed by atoms with Gasteiger partial charge in [0.1, 0.15) is 11.6 Å². The summed E-state index contributed by atoms with van der Waals surface area (Å²) in [5, 5.41) is 0.967. The van der Waals surface area contributed by atoms with Crippen LogP contribution in [0.4, 0.5) is 4.39 Å². The summed E-state index contributed by atoms with van der Waals surface area (Å²) in [6, 6.07) is 18.9. The molecule has 1 aromatic heterocycles. The number of para-hydroxylation sites is 1. The fraction of sp³-hybridized carbons (Fsp3) is 0.192. The molecule has 4 aromatic rings. The normalized spacial score (nSPS) is 12.0. The van der Waals surface area contributed by atoms with Gasteiger partial charge in [-0.2, -0.15) is 0 Å². The maximum Gasteiger partial charge on any atom is 0.266 e. The van der Waals surface area contributed by atoms with Gasteiger partial charge < -0.3 is 9.64 Å². The molecular weight excluding hydrogens is 457 g/mol. The number of hydrogen-bond acceptors (Lipinski definition) is 4. The first kappa shape index (κ1) is 23.6. The molecule has 1 atom stereocenters. The van der Waals surface area contributed by atoms with Gasteiger partial charge in [0.25, 0.3) is 11.5 Å². The molecule has 1 amide bonds. The van der Waals surface area contributed by atoms with Crippen LogP contribution in [0.5, 0.6) is 0 Å². The largest absolute Gasteiger partial charge is 0.383 e. The van der Waals surface area contributed by atoms with Crippen LogP contribution >= 0.6 is 11.6 Å². The van der Waals surface area contributed by atoms with Gasteiger partial charge >= 0.3 is 0 Å². The van der Waals surface area contributed by atoms with Crippen LogP contribution in [0.3, 0.4) is 0 Å². The van der Waals surface area contributed by atoms with Crippen LogP contribution in [-0.2, 0) is 4.74 Å². The molecule has 0 aliphatic rings. The first-order chi connectivity index (χ1) is 16.4. The summed E-state index contributed by atoms with van der Waals surface area (Å²) in [5.41, 5.74) is 0.718. The van der Waals surface area contributed by atoms with E-state index >= 15 is 0 Å². The molecule has 0 aliphatic heterocycles.